The van der Waals surface area contributed by atoms with Crippen LogP contribution in [0.5, 0.6) is 17.2 Å². The van der Waals surface area contributed by atoms with E-state index < -0.39 is 0 Å². The molecule has 2 heterocycles. The SMILES string of the molecule is O=c1[nH]c(CC2CC2)nc2c1CCN(Cc1c(O)cc(O)cc1O)C2. The lowest BCUT2D eigenvalue weighted by molar-refractivity contribution is 0.233. The zero-order valence-electron chi connectivity index (χ0n) is 13.8. The van der Waals surface area contributed by atoms with Gasteiger partial charge in [0.2, 0.25) is 0 Å². The maximum Gasteiger partial charge on any atom is 0.254 e. The molecule has 7 heteroatoms. The summed E-state index contributed by atoms with van der Waals surface area (Å²) >= 11 is 0. The smallest absolute Gasteiger partial charge is 0.254 e. The molecule has 132 valence electrons. The molecule has 1 aliphatic heterocycles. The lowest BCUT2D eigenvalue weighted by Crippen LogP contribution is -2.35. The molecular formula is C18H21N3O4. The van der Waals surface area contributed by atoms with Crippen molar-refractivity contribution in [2.24, 2.45) is 5.92 Å². The molecule has 0 saturated heterocycles. The second kappa shape index (κ2) is 6.07. The number of fused-ring (bicyclic) bond motifs is 1. The number of phenols is 3. The van der Waals surface area contributed by atoms with Crippen molar-refractivity contribution < 1.29 is 15.3 Å². The summed E-state index contributed by atoms with van der Waals surface area (Å²) in [6.07, 6.45) is 3.81. The Morgan fingerprint density at radius 3 is 2.60 bits per heavy atom. The van der Waals surface area contributed by atoms with E-state index in [0.717, 1.165) is 23.5 Å². The van der Waals surface area contributed by atoms with Crippen molar-refractivity contribution in [1.82, 2.24) is 14.9 Å². The summed E-state index contributed by atoms with van der Waals surface area (Å²) in [6, 6.07) is 2.42. The van der Waals surface area contributed by atoms with Gasteiger partial charge in [0.15, 0.2) is 0 Å². The van der Waals surface area contributed by atoms with Crippen LogP contribution in [0.4, 0.5) is 0 Å². The van der Waals surface area contributed by atoms with Crippen molar-refractivity contribution in [3.8, 4) is 17.2 Å². The first-order valence-corrected chi connectivity index (χ1v) is 8.56. The molecule has 1 saturated carbocycles. The fourth-order valence-electron chi connectivity index (χ4n) is 3.39. The molecule has 0 atom stereocenters. The molecule has 0 spiro atoms. The van der Waals surface area contributed by atoms with E-state index in [2.05, 4.69) is 9.97 Å². The molecule has 0 radical (unpaired) electrons. The van der Waals surface area contributed by atoms with Crippen molar-refractivity contribution in [2.75, 3.05) is 6.54 Å². The van der Waals surface area contributed by atoms with Gasteiger partial charge in [-0.25, -0.2) is 4.98 Å². The van der Waals surface area contributed by atoms with Crippen molar-refractivity contribution in [2.45, 2.75) is 38.8 Å². The fraction of sp³-hybridized carbons (Fsp3) is 0.444. The molecule has 2 aromatic rings. The average molecular weight is 343 g/mol. The quantitative estimate of drug-likeness (QED) is 0.668. The van der Waals surface area contributed by atoms with Crippen LogP contribution in [0.1, 0.15) is 35.5 Å². The van der Waals surface area contributed by atoms with E-state index in [1.807, 2.05) is 4.90 Å². The summed E-state index contributed by atoms with van der Waals surface area (Å²) in [7, 11) is 0. The van der Waals surface area contributed by atoms with Crippen molar-refractivity contribution >= 4 is 0 Å². The Bertz CT molecular complexity index is 850. The Kier molecular flexibility index (Phi) is 3.88. The number of aromatic amines is 1. The number of nitrogens with zero attached hydrogens (tertiary/aromatic N) is 2. The highest BCUT2D eigenvalue weighted by Gasteiger charge is 2.26. The Morgan fingerprint density at radius 1 is 1.20 bits per heavy atom. The molecule has 0 unspecified atom stereocenters. The summed E-state index contributed by atoms with van der Waals surface area (Å²) in [5.41, 5.74) is 1.83. The molecule has 1 aliphatic carbocycles. The first-order chi connectivity index (χ1) is 12.0. The number of hydrogen-bond donors (Lipinski definition) is 4. The highest BCUT2D eigenvalue weighted by Crippen LogP contribution is 2.34. The summed E-state index contributed by atoms with van der Waals surface area (Å²) in [4.78, 5) is 21.9. The van der Waals surface area contributed by atoms with E-state index in [-0.39, 0.29) is 22.8 Å². The van der Waals surface area contributed by atoms with E-state index in [0.29, 0.717) is 37.5 Å². The third-order valence-electron chi connectivity index (χ3n) is 4.95. The first-order valence-electron chi connectivity index (χ1n) is 8.56. The number of hydrogen-bond acceptors (Lipinski definition) is 6. The summed E-state index contributed by atoms with van der Waals surface area (Å²) in [5, 5.41) is 29.4. The normalized spacial score (nSPS) is 17.4. The lowest BCUT2D eigenvalue weighted by Gasteiger charge is -2.28. The zero-order chi connectivity index (χ0) is 17.6. The van der Waals surface area contributed by atoms with Gasteiger partial charge in [0.1, 0.15) is 23.1 Å². The molecular weight excluding hydrogens is 322 g/mol. The molecule has 2 aliphatic rings. The molecule has 1 fully saturated rings. The van der Waals surface area contributed by atoms with Gasteiger partial charge in [-0.2, -0.15) is 0 Å². The van der Waals surface area contributed by atoms with Crippen molar-refractivity contribution in [1.29, 1.82) is 0 Å². The summed E-state index contributed by atoms with van der Waals surface area (Å²) in [6.45, 7) is 1.46. The molecule has 4 N–H and O–H groups in total. The number of aromatic hydroxyl groups is 3. The van der Waals surface area contributed by atoms with E-state index in [1.165, 1.54) is 25.0 Å². The van der Waals surface area contributed by atoms with Crippen LogP contribution < -0.4 is 5.56 Å². The Morgan fingerprint density at radius 2 is 1.92 bits per heavy atom. The van der Waals surface area contributed by atoms with Crippen LogP contribution in [0.3, 0.4) is 0 Å². The molecule has 0 bridgehead atoms. The predicted molar refractivity (Wildman–Crippen MR) is 90.5 cm³/mol. The second-order valence-corrected chi connectivity index (χ2v) is 7.01. The van der Waals surface area contributed by atoms with Crippen LogP contribution in [-0.4, -0.2) is 36.7 Å². The molecule has 1 aromatic heterocycles. The second-order valence-electron chi connectivity index (χ2n) is 7.01. The third-order valence-corrected chi connectivity index (χ3v) is 4.95. The van der Waals surface area contributed by atoms with Gasteiger partial charge in [-0.1, -0.05) is 0 Å². The van der Waals surface area contributed by atoms with Crippen LogP contribution in [0, 0.1) is 5.92 Å². The number of rotatable bonds is 4. The molecule has 0 amide bonds. The third kappa shape index (κ3) is 3.32. The minimum Gasteiger partial charge on any atom is -0.508 e. The van der Waals surface area contributed by atoms with E-state index in [9.17, 15) is 20.1 Å². The minimum absolute atomic E-state index is 0.0457. The Hall–Kier alpha value is -2.54. The summed E-state index contributed by atoms with van der Waals surface area (Å²) in [5.74, 6) is 0.934. The number of aromatic nitrogens is 2. The maximum absolute atomic E-state index is 12.3. The number of phenolic OH excluding ortho intramolecular Hbond substituents is 3. The molecule has 4 rings (SSSR count). The number of benzene rings is 1. The minimum atomic E-state index is -0.180. The van der Waals surface area contributed by atoms with Crippen LogP contribution in [0.15, 0.2) is 16.9 Å². The average Bonchev–Trinajstić information content (AvgIpc) is 3.34. The van der Waals surface area contributed by atoms with Crippen LogP contribution >= 0.6 is 0 Å². The van der Waals surface area contributed by atoms with E-state index >= 15 is 0 Å². The maximum atomic E-state index is 12.3. The standard InChI is InChI=1S/C18H21N3O4/c22-11-6-15(23)13(16(24)7-11)8-21-4-3-12-14(9-21)19-17(20-18(12)25)5-10-1-2-10/h6-7,10,22-24H,1-5,8-9H2,(H,19,20,25). The largest absolute Gasteiger partial charge is 0.508 e. The van der Waals surface area contributed by atoms with Gasteiger partial charge in [-0.3, -0.25) is 9.69 Å². The number of H-pyrrole nitrogens is 1. The Labute approximate surface area is 144 Å². The highest BCUT2D eigenvalue weighted by atomic mass is 16.3. The molecule has 25 heavy (non-hydrogen) atoms. The fourth-order valence-corrected chi connectivity index (χ4v) is 3.39. The van der Waals surface area contributed by atoms with Crippen LogP contribution in [-0.2, 0) is 25.9 Å². The van der Waals surface area contributed by atoms with Crippen molar-refractivity contribution in [3.05, 3.63) is 45.1 Å². The van der Waals surface area contributed by atoms with Crippen LogP contribution in [0.2, 0.25) is 0 Å². The monoisotopic (exact) mass is 343 g/mol. The molecule has 1 aromatic carbocycles. The molecule has 7 nitrogen and oxygen atoms in total. The highest BCUT2D eigenvalue weighted by molar-refractivity contribution is 5.48. The van der Waals surface area contributed by atoms with Gasteiger partial charge < -0.3 is 20.3 Å². The predicted octanol–water partition coefficient (Wildman–Crippen LogP) is 1.40. The topological polar surface area (TPSA) is 110 Å². The van der Waals surface area contributed by atoms with Crippen molar-refractivity contribution in [3.63, 3.8) is 0 Å². The van der Waals surface area contributed by atoms with E-state index in [4.69, 9.17) is 0 Å². The zero-order valence-corrected chi connectivity index (χ0v) is 13.8. The van der Waals surface area contributed by atoms with Gasteiger partial charge in [0.25, 0.3) is 5.56 Å². The first kappa shape index (κ1) is 16.0. The Balaban J connectivity index is 1.56. The lowest BCUT2D eigenvalue weighted by atomic mass is 10.0. The van der Waals surface area contributed by atoms with Gasteiger partial charge >= 0.3 is 0 Å². The summed E-state index contributed by atoms with van der Waals surface area (Å²) < 4.78 is 0. The van der Waals surface area contributed by atoms with Gasteiger partial charge in [0.05, 0.1) is 5.69 Å². The van der Waals surface area contributed by atoms with E-state index in [1.54, 1.807) is 0 Å². The number of nitrogens with one attached hydrogen (secondary N) is 1. The van der Waals surface area contributed by atoms with Gasteiger partial charge in [-0.05, 0) is 25.2 Å². The van der Waals surface area contributed by atoms with Crippen LogP contribution in [0.25, 0.3) is 0 Å². The van der Waals surface area contributed by atoms with Gasteiger partial charge in [-0.15, -0.1) is 0 Å². The van der Waals surface area contributed by atoms with Gasteiger partial charge in [0, 0.05) is 49.3 Å².